The topological polar surface area (TPSA) is 25.2 Å². The van der Waals surface area contributed by atoms with Gasteiger partial charge in [0.2, 0.25) is 0 Å². The lowest BCUT2D eigenvalue weighted by molar-refractivity contribution is 0.0664. The molecule has 0 radical (unpaired) electrons. The van der Waals surface area contributed by atoms with Gasteiger partial charge in [0.05, 0.1) is 6.04 Å². The lowest BCUT2D eigenvalue weighted by Crippen LogP contribution is -2.42. The van der Waals surface area contributed by atoms with Crippen molar-refractivity contribution in [2.45, 2.75) is 12.6 Å². The van der Waals surface area contributed by atoms with Crippen molar-refractivity contribution in [3.63, 3.8) is 0 Å². The minimum absolute atomic E-state index is 0.0172. The van der Waals surface area contributed by atoms with Crippen LogP contribution in [0.3, 0.4) is 0 Å². The van der Waals surface area contributed by atoms with Gasteiger partial charge in [0.15, 0.2) is 0 Å². The molecule has 1 aliphatic rings. The van der Waals surface area contributed by atoms with Crippen LogP contribution in [0.2, 0.25) is 0 Å². The SMILES string of the molecule is O=C(c1ccc(-c2ccccc2)cc1)N1CCn2cccc2[C@H]1c1ccc(F)cc1. The van der Waals surface area contributed by atoms with Crippen LogP contribution in [0.5, 0.6) is 0 Å². The quantitative estimate of drug-likeness (QED) is 0.446. The van der Waals surface area contributed by atoms with Crippen LogP contribution in [0.15, 0.2) is 97.2 Å². The maximum atomic E-state index is 13.5. The Morgan fingerprint density at radius 1 is 0.767 bits per heavy atom. The Kier molecular flexibility index (Phi) is 4.68. The highest BCUT2D eigenvalue weighted by atomic mass is 19.1. The Hall–Kier alpha value is -3.66. The molecule has 148 valence electrons. The van der Waals surface area contributed by atoms with Gasteiger partial charge in [0, 0.05) is 30.5 Å². The summed E-state index contributed by atoms with van der Waals surface area (Å²) in [7, 11) is 0. The highest BCUT2D eigenvalue weighted by Gasteiger charge is 2.32. The molecule has 1 aromatic heterocycles. The van der Waals surface area contributed by atoms with E-state index in [0.717, 1.165) is 28.9 Å². The van der Waals surface area contributed by atoms with Gasteiger partial charge in [-0.25, -0.2) is 4.39 Å². The summed E-state index contributed by atoms with van der Waals surface area (Å²) in [5.41, 5.74) is 4.81. The Balaban J connectivity index is 1.48. The van der Waals surface area contributed by atoms with E-state index in [-0.39, 0.29) is 17.8 Å². The van der Waals surface area contributed by atoms with Gasteiger partial charge in [-0.1, -0.05) is 54.6 Å². The number of nitrogens with zero attached hydrogens (tertiary/aromatic N) is 2. The maximum absolute atomic E-state index is 13.5. The van der Waals surface area contributed by atoms with Crippen molar-refractivity contribution in [3.05, 3.63) is 120 Å². The van der Waals surface area contributed by atoms with Crippen LogP contribution in [0.4, 0.5) is 4.39 Å². The number of carbonyl (C=O) groups is 1. The molecule has 0 aliphatic carbocycles. The molecule has 1 amide bonds. The van der Waals surface area contributed by atoms with Gasteiger partial charge in [0.25, 0.3) is 5.91 Å². The molecule has 0 spiro atoms. The first-order valence-electron chi connectivity index (χ1n) is 10.1. The molecule has 3 aromatic carbocycles. The molecular formula is C26H21FN2O. The first kappa shape index (κ1) is 18.4. The third-order valence-electron chi connectivity index (χ3n) is 5.72. The zero-order valence-electron chi connectivity index (χ0n) is 16.4. The molecule has 0 bridgehead atoms. The second-order valence-electron chi connectivity index (χ2n) is 7.52. The predicted molar refractivity (Wildman–Crippen MR) is 116 cm³/mol. The molecule has 5 rings (SSSR count). The monoisotopic (exact) mass is 396 g/mol. The smallest absolute Gasteiger partial charge is 0.254 e. The van der Waals surface area contributed by atoms with Crippen molar-refractivity contribution < 1.29 is 9.18 Å². The number of hydrogen-bond acceptors (Lipinski definition) is 1. The summed E-state index contributed by atoms with van der Waals surface area (Å²) in [5, 5.41) is 0. The van der Waals surface area contributed by atoms with Crippen LogP contribution in [-0.2, 0) is 6.54 Å². The van der Waals surface area contributed by atoms with Gasteiger partial charge in [-0.3, -0.25) is 4.79 Å². The average molecular weight is 396 g/mol. The predicted octanol–water partition coefficient (Wildman–Crippen LogP) is 5.54. The van der Waals surface area contributed by atoms with E-state index in [9.17, 15) is 9.18 Å². The van der Waals surface area contributed by atoms with Crippen LogP contribution < -0.4 is 0 Å². The molecule has 2 heterocycles. The van der Waals surface area contributed by atoms with Crippen LogP contribution in [0.1, 0.15) is 27.7 Å². The normalized spacial score (nSPS) is 15.6. The lowest BCUT2D eigenvalue weighted by atomic mass is 9.98. The fraction of sp³-hybridized carbons (Fsp3) is 0.115. The first-order valence-corrected chi connectivity index (χ1v) is 10.1. The summed E-state index contributed by atoms with van der Waals surface area (Å²) in [6.07, 6.45) is 2.03. The van der Waals surface area contributed by atoms with E-state index >= 15 is 0 Å². The van der Waals surface area contributed by atoms with Crippen molar-refractivity contribution >= 4 is 5.91 Å². The van der Waals surface area contributed by atoms with Crippen molar-refractivity contribution in [2.24, 2.45) is 0 Å². The lowest BCUT2D eigenvalue weighted by Gasteiger charge is -2.37. The number of amides is 1. The highest BCUT2D eigenvalue weighted by Crippen LogP contribution is 2.34. The number of halogens is 1. The average Bonchev–Trinajstić information content (AvgIpc) is 3.28. The third-order valence-corrected chi connectivity index (χ3v) is 5.72. The van der Waals surface area contributed by atoms with Crippen molar-refractivity contribution in [1.82, 2.24) is 9.47 Å². The maximum Gasteiger partial charge on any atom is 0.254 e. The molecule has 0 N–H and O–H groups in total. The minimum atomic E-state index is -0.278. The van der Waals surface area contributed by atoms with Gasteiger partial charge < -0.3 is 9.47 Å². The standard InChI is InChI=1S/C26H21FN2O/c27-23-14-12-21(13-15-23)25-24-7-4-16-28(24)17-18-29(25)26(30)22-10-8-20(9-11-22)19-5-2-1-3-6-19/h1-16,25H,17-18H2/t25-/m1/s1. The molecule has 3 nitrogen and oxygen atoms in total. The molecular weight excluding hydrogens is 375 g/mol. The summed E-state index contributed by atoms with van der Waals surface area (Å²) < 4.78 is 15.7. The summed E-state index contributed by atoms with van der Waals surface area (Å²) in [6.45, 7) is 1.34. The van der Waals surface area contributed by atoms with Gasteiger partial charge >= 0.3 is 0 Å². The van der Waals surface area contributed by atoms with Crippen LogP contribution >= 0.6 is 0 Å². The highest BCUT2D eigenvalue weighted by molar-refractivity contribution is 5.95. The molecule has 4 heteroatoms. The fourth-order valence-corrected chi connectivity index (χ4v) is 4.20. The second-order valence-corrected chi connectivity index (χ2v) is 7.52. The Labute approximate surface area is 175 Å². The molecule has 0 fully saturated rings. The molecule has 0 saturated heterocycles. The first-order chi connectivity index (χ1) is 14.7. The van der Waals surface area contributed by atoms with Crippen molar-refractivity contribution in [3.8, 4) is 11.1 Å². The summed E-state index contributed by atoms with van der Waals surface area (Å²) in [6, 6.07) is 28.1. The molecule has 1 atom stereocenters. The summed E-state index contributed by atoms with van der Waals surface area (Å²) in [4.78, 5) is 15.4. The van der Waals surface area contributed by atoms with Crippen LogP contribution in [0.25, 0.3) is 11.1 Å². The number of rotatable bonds is 3. The zero-order chi connectivity index (χ0) is 20.5. The Morgan fingerprint density at radius 2 is 1.47 bits per heavy atom. The van der Waals surface area contributed by atoms with Crippen LogP contribution in [0, 0.1) is 5.82 Å². The van der Waals surface area contributed by atoms with Gasteiger partial charge in [-0.2, -0.15) is 0 Å². The largest absolute Gasteiger partial charge is 0.348 e. The van der Waals surface area contributed by atoms with E-state index in [1.165, 1.54) is 12.1 Å². The number of benzene rings is 3. The van der Waals surface area contributed by atoms with Gasteiger partial charge in [-0.15, -0.1) is 0 Å². The Morgan fingerprint density at radius 3 is 2.20 bits per heavy atom. The summed E-state index contributed by atoms with van der Waals surface area (Å²) in [5.74, 6) is -0.296. The molecule has 0 unspecified atom stereocenters. The second kappa shape index (κ2) is 7.64. The third kappa shape index (κ3) is 3.30. The number of fused-ring (bicyclic) bond motifs is 1. The Bertz CT molecular complexity index is 1160. The number of aromatic nitrogens is 1. The molecule has 1 aliphatic heterocycles. The van der Waals surface area contributed by atoms with E-state index < -0.39 is 0 Å². The van der Waals surface area contributed by atoms with Crippen molar-refractivity contribution in [2.75, 3.05) is 6.54 Å². The van der Waals surface area contributed by atoms with E-state index in [1.807, 2.05) is 65.7 Å². The summed E-state index contributed by atoms with van der Waals surface area (Å²) >= 11 is 0. The molecule has 0 saturated carbocycles. The zero-order valence-corrected chi connectivity index (χ0v) is 16.4. The molecule has 30 heavy (non-hydrogen) atoms. The van der Waals surface area contributed by atoms with E-state index in [4.69, 9.17) is 0 Å². The minimum Gasteiger partial charge on any atom is -0.348 e. The van der Waals surface area contributed by atoms with Gasteiger partial charge in [-0.05, 0) is 53.1 Å². The van der Waals surface area contributed by atoms with E-state index in [1.54, 1.807) is 12.1 Å². The van der Waals surface area contributed by atoms with Crippen LogP contribution in [-0.4, -0.2) is 21.9 Å². The van der Waals surface area contributed by atoms with Gasteiger partial charge in [0.1, 0.15) is 5.82 Å². The fourth-order valence-electron chi connectivity index (χ4n) is 4.20. The van der Waals surface area contributed by atoms with E-state index in [0.29, 0.717) is 12.1 Å². The van der Waals surface area contributed by atoms with E-state index in [2.05, 4.69) is 16.7 Å². The molecule has 4 aromatic rings. The number of hydrogen-bond donors (Lipinski definition) is 0. The van der Waals surface area contributed by atoms with Crippen molar-refractivity contribution in [1.29, 1.82) is 0 Å². The number of carbonyl (C=O) groups excluding carboxylic acids is 1.